The molecule has 3 heterocycles. The number of amides is 1. The number of carbonyl (C=O) groups is 1. The van der Waals surface area contributed by atoms with Gasteiger partial charge < -0.3 is 9.47 Å². The molecule has 4 aromatic rings. The largest absolute Gasteiger partial charge is 0.332 e. The van der Waals surface area contributed by atoms with E-state index in [0.29, 0.717) is 0 Å². The molecule has 0 fully saturated rings. The van der Waals surface area contributed by atoms with Gasteiger partial charge in [0.2, 0.25) is 5.91 Å². The van der Waals surface area contributed by atoms with Crippen molar-refractivity contribution in [1.82, 2.24) is 18.7 Å². The van der Waals surface area contributed by atoms with E-state index in [2.05, 4.69) is 4.98 Å². The number of thioether (sulfide) groups is 1. The van der Waals surface area contributed by atoms with Crippen molar-refractivity contribution in [1.29, 1.82) is 0 Å². The number of hydrogen-bond acceptors (Lipinski definition) is 5. The van der Waals surface area contributed by atoms with Crippen LogP contribution in [0.4, 0.5) is 5.69 Å². The van der Waals surface area contributed by atoms with E-state index >= 15 is 0 Å². The van der Waals surface area contributed by atoms with E-state index in [1.165, 1.54) is 22.5 Å². The second-order valence-corrected chi connectivity index (χ2v) is 8.78. The first kappa shape index (κ1) is 20.3. The van der Waals surface area contributed by atoms with E-state index in [1.54, 1.807) is 18.8 Å². The molecule has 0 bridgehead atoms. The van der Waals surface area contributed by atoms with Gasteiger partial charge in [-0.15, -0.1) is 11.8 Å². The van der Waals surface area contributed by atoms with Gasteiger partial charge in [0.1, 0.15) is 6.54 Å². The van der Waals surface area contributed by atoms with E-state index in [9.17, 15) is 14.4 Å². The van der Waals surface area contributed by atoms with Crippen LogP contribution in [0.25, 0.3) is 11.2 Å². The molecule has 0 aliphatic carbocycles. The van der Waals surface area contributed by atoms with E-state index < -0.39 is 11.2 Å². The van der Waals surface area contributed by atoms with Crippen LogP contribution in [0.15, 0.2) is 75.4 Å². The number of aromatic nitrogens is 4. The zero-order chi connectivity index (χ0) is 22.4. The average Bonchev–Trinajstić information content (AvgIpc) is 3.24. The number of anilines is 1. The molecule has 1 atom stereocenters. The minimum absolute atomic E-state index is 0.0632. The van der Waals surface area contributed by atoms with Crippen LogP contribution in [0.5, 0.6) is 0 Å². The highest BCUT2D eigenvalue weighted by molar-refractivity contribution is 7.99. The summed E-state index contributed by atoms with van der Waals surface area (Å²) in [6.07, 6.45) is 1.45. The first-order chi connectivity index (χ1) is 15.5. The van der Waals surface area contributed by atoms with Crippen LogP contribution in [-0.2, 0) is 25.4 Å². The van der Waals surface area contributed by atoms with Gasteiger partial charge in [-0.2, -0.15) is 0 Å². The first-order valence-electron chi connectivity index (χ1n) is 10.2. The SMILES string of the molecule is Cn1c(=O)c2c(ncn2CC(=O)N2c3ccccc3SCC2c2ccccc2)n(C)c1=O. The van der Waals surface area contributed by atoms with Gasteiger partial charge in [0, 0.05) is 24.7 Å². The number of fused-ring (bicyclic) bond motifs is 2. The van der Waals surface area contributed by atoms with Crippen molar-refractivity contribution in [3.63, 3.8) is 0 Å². The highest BCUT2D eigenvalue weighted by Crippen LogP contribution is 2.43. The molecule has 0 N–H and O–H groups in total. The van der Waals surface area contributed by atoms with E-state index in [1.807, 2.05) is 59.5 Å². The minimum atomic E-state index is -0.470. The van der Waals surface area contributed by atoms with Gasteiger partial charge in [-0.25, -0.2) is 9.78 Å². The average molecular weight is 448 g/mol. The maximum Gasteiger partial charge on any atom is 0.332 e. The summed E-state index contributed by atoms with van der Waals surface area (Å²) in [5.74, 6) is 0.579. The van der Waals surface area contributed by atoms with Crippen LogP contribution < -0.4 is 16.1 Å². The number of para-hydroxylation sites is 1. The molecule has 1 aliphatic rings. The summed E-state index contributed by atoms with van der Waals surface area (Å²) >= 11 is 1.73. The predicted octanol–water partition coefficient (Wildman–Crippen LogP) is 2.31. The second-order valence-electron chi connectivity index (χ2n) is 7.72. The van der Waals surface area contributed by atoms with Crippen molar-refractivity contribution < 1.29 is 4.79 Å². The number of benzene rings is 2. The molecular formula is C23H21N5O3S. The zero-order valence-electron chi connectivity index (χ0n) is 17.6. The van der Waals surface area contributed by atoms with Gasteiger partial charge in [0.05, 0.1) is 18.1 Å². The molecule has 8 nitrogen and oxygen atoms in total. The highest BCUT2D eigenvalue weighted by Gasteiger charge is 2.33. The van der Waals surface area contributed by atoms with Gasteiger partial charge in [-0.3, -0.25) is 18.7 Å². The number of hydrogen-bond donors (Lipinski definition) is 0. The third-order valence-electron chi connectivity index (χ3n) is 5.81. The van der Waals surface area contributed by atoms with Gasteiger partial charge in [-0.1, -0.05) is 42.5 Å². The molecule has 0 saturated heterocycles. The molecule has 0 saturated carbocycles. The molecule has 9 heteroatoms. The van der Waals surface area contributed by atoms with Crippen molar-refractivity contribution in [2.45, 2.75) is 17.5 Å². The molecule has 0 radical (unpaired) electrons. The number of aryl methyl sites for hydroxylation is 1. The van der Waals surface area contributed by atoms with E-state index in [0.717, 1.165) is 26.5 Å². The third-order valence-corrected chi connectivity index (χ3v) is 6.95. The van der Waals surface area contributed by atoms with Gasteiger partial charge >= 0.3 is 5.69 Å². The van der Waals surface area contributed by atoms with Crippen LogP contribution >= 0.6 is 11.8 Å². The Morgan fingerprint density at radius 2 is 1.75 bits per heavy atom. The summed E-state index contributed by atoms with van der Waals surface area (Å²) in [6, 6.07) is 17.7. The summed E-state index contributed by atoms with van der Waals surface area (Å²) in [4.78, 5) is 45.8. The second kappa shape index (κ2) is 7.83. The van der Waals surface area contributed by atoms with Gasteiger partial charge in [0.15, 0.2) is 11.2 Å². The Morgan fingerprint density at radius 1 is 1.03 bits per heavy atom. The molecule has 0 spiro atoms. The predicted molar refractivity (Wildman–Crippen MR) is 124 cm³/mol. The van der Waals surface area contributed by atoms with Crippen LogP contribution in [0.2, 0.25) is 0 Å². The standard InChI is InChI=1S/C23H21N5O3S/c1-25-21-20(22(30)26(2)23(25)31)27(14-24-21)12-19(29)28-16-10-6-7-11-18(16)32-13-17(28)15-8-4-3-5-9-15/h3-11,14,17H,12-13H2,1-2H3. The van der Waals surface area contributed by atoms with Crippen LogP contribution in [0.3, 0.4) is 0 Å². The van der Waals surface area contributed by atoms with E-state index in [-0.39, 0.29) is 29.7 Å². The Bertz CT molecular complexity index is 1450. The Hall–Kier alpha value is -3.59. The normalized spacial score (nSPS) is 15.7. The summed E-state index contributed by atoms with van der Waals surface area (Å²) in [6.45, 7) is -0.0632. The van der Waals surface area contributed by atoms with Crippen molar-refractivity contribution in [2.75, 3.05) is 10.7 Å². The molecule has 162 valence electrons. The lowest BCUT2D eigenvalue weighted by atomic mass is 10.1. The molecule has 1 amide bonds. The highest BCUT2D eigenvalue weighted by atomic mass is 32.2. The Kier molecular flexibility index (Phi) is 4.97. The van der Waals surface area contributed by atoms with Crippen molar-refractivity contribution >= 4 is 34.5 Å². The molecule has 1 unspecified atom stereocenters. The summed E-state index contributed by atoms with van der Waals surface area (Å²) < 4.78 is 3.88. The fourth-order valence-electron chi connectivity index (χ4n) is 4.16. The molecule has 2 aromatic heterocycles. The van der Waals surface area contributed by atoms with Crippen molar-refractivity contribution in [3.8, 4) is 0 Å². The molecular weight excluding hydrogens is 426 g/mol. The molecule has 1 aliphatic heterocycles. The Morgan fingerprint density at radius 3 is 2.53 bits per heavy atom. The van der Waals surface area contributed by atoms with E-state index in [4.69, 9.17) is 0 Å². The third kappa shape index (κ3) is 3.16. The lowest BCUT2D eigenvalue weighted by Gasteiger charge is -2.37. The Balaban J connectivity index is 1.60. The molecule has 32 heavy (non-hydrogen) atoms. The fourth-order valence-corrected chi connectivity index (χ4v) is 5.32. The number of nitrogens with zero attached hydrogens (tertiary/aromatic N) is 5. The maximum atomic E-state index is 13.7. The van der Waals surface area contributed by atoms with Gasteiger partial charge in [-0.05, 0) is 17.7 Å². The lowest BCUT2D eigenvalue weighted by molar-refractivity contribution is -0.119. The summed E-state index contributed by atoms with van der Waals surface area (Å²) in [5.41, 5.74) is 1.48. The van der Waals surface area contributed by atoms with Crippen molar-refractivity contribution in [2.24, 2.45) is 14.1 Å². The topological polar surface area (TPSA) is 82.1 Å². The van der Waals surface area contributed by atoms with Crippen LogP contribution in [0.1, 0.15) is 11.6 Å². The number of carbonyl (C=O) groups excluding carboxylic acids is 1. The smallest absolute Gasteiger partial charge is 0.315 e. The first-order valence-corrected chi connectivity index (χ1v) is 11.2. The Labute approximate surface area is 187 Å². The summed E-state index contributed by atoms with van der Waals surface area (Å²) in [5, 5.41) is 0. The minimum Gasteiger partial charge on any atom is -0.315 e. The zero-order valence-corrected chi connectivity index (χ0v) is 18.5. The fraction of sp³-hybridized carbons (Fsp3) is 0.217. The molecule has 5 rings (SSSR count). The number of rotatable bonds is 3. The van der Waals surface area contributed by atoms with Crippen LogP contribution in [-0.4, -0.2) is 30.3 Å². The summed E-state index contributed by atoms with van der Waals surface area (Å²) in [7, 11) is 2.99. The molecule has 2 aromatic carbocycles. The number of imidazole rings is 1. The quantitative estimate of drug-likeness (QED) is 0.481. The monoisotopic (exact) mass is 447 g/mol. The van der Waals surface area contributed by atoms with Crippen LogP contribution in [0, 0.1) is 0 Å². The van der Waals surface area contributed by atoms with Gasteiger partial charge in [0.25, 0.3) is 5.56 Å². The maximum absolute atomic E-state index is 13.7. The van der Waals surface area contributed by atoms with Crippen molar-refractivity contribution in [3.05, 3.63) is 87.3 Å². The lowest BCUT2D eigenvalue weighted by Crippen LogP contribution is -2.41.